The Balaban J connectivity index is 3.76. The molecule has 7 heteroatoms. The zero-order valence-corrected chi connectivity index (χ0v) is 6.31. The largest absolute Gasteiger partial charge is 0.474 e. The van der Waals surface area contributed by atoms with Gasteiger partial charge in [0.1, 0.15) is 0 Å². The molecule has 74 valence electrons. The molecule has 0 unspecified atom stereocenters. The van der Waals surface area contributed by atoms with Crippen LogP contribution >= 0.6 is 0 Å². The first-order valence-electron chi connectivity index (χ1n) is 3.16. The smallest absolute Gasteiger partial charge is 0.394 e. The van der Waals surface area contributed by atoms with E-state index < -0.39 is 36.7 Å². The Morgan fingerprint density at radius 1 is 1.23 bits per heavy atom. The number of hydrogen-bond donors (Lipinski definition) is 2. The van der Waals surface area contributed by atoms with E-state index in [1.807, 2.05) is 0 Å². The quantitative estimate of drug-likeness (QED) is 0.653. The third-order valence-corrected chi connectivity index (χ3v) is 1.03. The Bertz CT molecular complexity index is 248. The van der Waals surface area contributed by atoms with E-state index >= 15 is 0 Å². The number of rotatable bonds is 3. The Morgan fingerprint density at radius 2 is 1.77 bits per heavy atom. The average molecular weight is 197 g/mol. The number of carboxylic acids is 1. The zero-order valence-electron chi connectivity index (χ0n) is 6.31. The van der Waals surface area contributed by atoms with E-state index in [-0.39, 0.29) is 0 Å². The zero-order chi connectivity index (χ0) is 10.4. The molecular formula is C6H6F3NO3. The van der Waals surface area contributed by atoms with Crippen molar-refractivity contribution in [2.45, 2.75) is 6.42 Å². The van der Waals surface area contributed by atoms with Gasteiger partial charge in [0.2, 0.25) is 0 Å². The van der Waals surface area contributed by atoms with Crippen molar-refractivity contribution in [3.8, 4) is 0 Å². The van der Waals surface area contributed by atoms with E-state index in [2.05, 4.69) is 0 Å². The van der Waals surface area contributed by atoms with Crippen molar-refractivity contribution < 1.29 is 27.9 Å². The van der Waals surface area contributed by atoms with E-state index in [0.29, 0.717) is 0 Å². The molecule has 0 aromatic carbocycles. The summed E-state index contributed by atoms with van der Waals surface area (Å²) in [5.41, 5.74) is 0. The van der Waals surface area contributed by atoms with E-state index in [1.54, 1.807) is 5.32 Å². The lowest BCUT2D eigenvalue weighted by atomic mass is 10.4. The molecular weight excluding hydrogens is 191 g/mol. The monoisotopic (exact) mass is 197 g/mol. The Hall–Kier alpha value is -1.53. The molecule has 0 atom stereocenters. The summed E-state index contributed by atoms with van der Waals surface area (Å²) in [7, 11) is 0. The first-order valence-corrected chi connectivity index (χ1v) is 3.16. The Kier molecular flexibility index (Phi) is 4.57. The van der Waals surface area contributed by atoms with Gasteiger partial charge in [0.25, 0.3) is 0 Å². The number of hydrogen-bond acceptors (Lipinski definition) is 2. The number of nitrogens with one attached hydrogen (secondary N) is 1. The minimum Gasteiger partial charge on any atom is -0.474 e. The lowest BCUT2D eigenvalue weighted by Crippen LogP contribution is -2.31. The Morgan fingerprint density at radius 3 is 2.15 bits per heavy atom. The third kappa shape index (κ3) is 4.83. The first kappa shape index (κ1) is 11.5. The molecule has 0 aromatic rings. The van der Waals surface area contributed by atoms with Crippen LogP contribution in [0.5, 0.6) is 0 Å². The van der Waals surface area contributed by atoms with Crippen LogP contribution in [0.2, 0.25) is 0 Å². The summed E-state index contributed by atoms with van der Waals surface area (Å²) in [5, 5.41) is 9.71. The van der Waals surface area contributed by atoms with Crippen LogP contribution < -0.4 is 5.32 Å². The van der Waals surface area contributed by atoms with Gasteiger partial charge in [-0.05, 0) is 0 Å². The molecule has 0 aliphatic carbocycles. The number of carbonyl (C=O) groups is 2. The van der Waals surface area contributed by atoms with Gasteiger partial charge in [-0.3, -0.25) is 4.79 Å². The lowest BCUT2D eigenvalue weighted by Gasteiger charge is -1.98. The summed E-state index contributed by atoms with van der Waals surface area (Å²) in [4.78, 5) is 20.1. The van der Waals surface area contributed by atoms with Gasteiger partial charge in [-0.2, -0.15) is 8.78 Å². The van der Waals surface area contributed by atoms with Crippen LogP contribution in [0.1, 0.15) is 6.42 Å². The summed E-state index contributed by atoms with van der Waals surface area (Å²) >= 11 is 0. The number of carboxylic acid groups (broad SMARTS) is 1. The third-order valence-electron chi connectivity index (χ3n) is 1.03. The molecule has 0 saturated heterocycles. The van der Waals surface area contributed by atoms with Gasteiger partial charge in [0.15, 0.2) is 5.83 Å². The van der Waals surface area contributed by atoms with Crippen molar-refractivity contribution in [3.05, 3.63) is 11.9 Å². The van der Waals surface area contributed by atoms with Crippen molar-refractivity contribution in [1.82, 2.24) is 5.32 Å². The highest BCUT2D eigenvalue weighted by molar-refractivity contribution is 6.31. The number of aliphatic carboxylic acids is 1. The number of carbonyl (C=O) groups excluding carboxylic acids is 1. The van der Waals surface area contributed by atoms with Gasteiger partial charge in [-0.15, -0.1) is 0 Å². The van der Waals surface area contributed by atoms with Crippen LogP contribution in [0.25, 0.3) is 0 Å². The van der Waals surface area contributed by atoms with Gasteiger partial charge >= 0.3 is 18.0 Å². The SMILES string of the molecule is O=C(O)C(=O)NCCC(F)=C(F)F. The molecule has 13 heavy (non-hydrogen) atoms. The van der Waals surface area contributed by atoms with E-state index in [4.69, 9.17) is 5.11 Å². The number of amides is 1. The van der Waals surface area contributed by atoms with E-state index in [0.717, 1.165) is 0 Å². The molecule has 2 N–H and O–H groups in total. The van der Waals surface area contributed by atoms with Crippen LogP contribution in [-0.4, -0.2) is 23.5 Å². The maximum absolute atomic E-state index is 12.0. The first-order chi connectivity index (χ1) is 5.95. The van der Waals surface area contributed by atoms with Crippen molar-refractivity contribution in [2.75, 3.05) is 6.54 Å². The van der Waals surface area contributed by atoms with Crippen molar-refractivity contribution in [3.63, 3.8) is 0 Å². The highest BCUT2D eigenvalue weighted by Gasteiger charge is 2.11. The van der Waals surface area contributed by atoms with E-state index in [9.17, 15) is 22.8 Å². The van der Waals surface area contributed by atoms with Crippen LogP contribution in [0.4, 0.5) is 13.2 Å². The van der Waals surface area contributed by atoms with Crippen LogP contribution in [0, 0.1) is 0 Å². The fraction of sp³-hybridized carbons (Fsp3) is 0.333. The fourth-order valence-corrected chi connectivity index (χ4v) is 0.456. The molecule has 0 aliphatic rings. The molecule has 0 aromatic heterocycles. The van der Waals surface area contributed by atoms with Crippen LogP contribution in [0.15, 0.2) is 11.9 Å². The molecule has 4 nitrogen and oxygen atoms in total. The molecule has 0 fully saturated rings. The van der Waals surface area contributed by atoms with Crippen molar-refractivity contribution in [2.24, 2.45) is 0 Å². The maximum atomic E-state index is 12.0. The summed E-state index contributed by atoms with van der Waals surface area (Å²) in [6, 6.07) is 0. The number of halogens is 3. The minimum absolute atomic E-state index is 0.478. The minimum atomic E-state index is -2.47. The second-order valence-corrected chi connectivity index (χ2v) is 1.98. The summed E-state index contributed by atoms with van der Waals surface area (Å²) in [6.07, 6.45) is -3.19. The molecule has 1 amide bonds. The van der Waals surface area contributed by atoms with Crippen molar-refractivity contribution >= 4 is 11.9 Å². The molecule has 0 aliphatic heterocycles. The molecule has 0 radical (unpaired) electrons. The van der Waals surface area contributed by atoms with Gasteiger partial charge < -0.3 is 10.4 Å². The predicted octanol–water partition coefficient (Wildman–Crippen LogP) is 0.655. The van der Waals surface area contributed by atoms with Gasteiger partial charge in [-0.25, -0.2) is 9.18 Å². The molecule has 0 saturated carbocycles. The summed E-state index contributed by atoms with van der Waals surface area (Å²) < 4.78 is 34.8. The van der Waals surface area contributed by atoms with Gasteiger partial charge in [0, 0.05) is 13.0 Å². The topological polar surface area (TPSA) is 66.4 Å². The summed E-state index contributed by atoms with van der Waals surface area (Å²) in [5.74, 6) is -4.76. The second kappa shape index (κ2) is 5.18. The lowest BCUT2D eigenvalue weighted by molar-refractivity contribution is -0.150. The normalized spacial score (nSPS) is 9.15. The standard InChI is InChI=1S/C6H6F3NO3/c7-3(4(8)9)1-2-10-5(11)6(12)13/h1-2H2,(H,10,11)(H,12,13). The predicted molar refractivity (Wildman–Crippen MR) is 35.6 cm³/mol. The molecule has 0 spiro atoms. The Labute approximate surface area is 71.0 Å². The molecule has 0 bridgehead atoms. The van der Waals surface area contributed by atoms with Gasteiger partial charge in [-0.1, -0.05) is 0 Å². The molecule has 0 heterocycles. The van der Waals surface area contributed by atoms with Crippen LogP contribution in [-0.2, 0) is 9.59 Å². The maximum Gasteiger partial charge on any atom is 0.394 e. The highest BCUT2D eigenvalue weighted by Crippen LogP contribution is 2.11. The van der Waals surface area contributed by atoms with E-state index in [1.165, 1.54) is 0 Å². The highest BCUT2D eigenvalue weighted by atomic mass is 19.3. The fourth-order valence-electron chi connectivity index (χ4n) is 0.456. The second-order valence-electron chi connectivity index (χ2n) is 1.98. The average Bonchev–Trinajstić information content (AvgIpc) is 2.03. The summed E-state index contributed by atoms with van der Waals surface area (Å²) in [6.45, 7) is -0.478. The van der Waals surface area contributed by atoms with Crippen molar-refractivity contribution in [1.29, 1.82) is 0 Å². The molecule has 0 rings (SSSR count). The van der Waals surface area contributed by atoms with Gasteiger partial charge in [0.05, 0.1) is 0 Å². The van der Waals surface area contributed by atoms with Crippen LogP contribution in [0.3, 0.4) is 0 Å².